The van der Waals surface area contributed by atoms with Crippen LogP contribution in [0.5, 0.6) is 0 Å². The molecule has 1 N–H and O–H groups in total. The Morgan fingerprint density at radius 1 is 0.969 bits per heavy atom. The van der Waals surface area contributed by atoms with Crippen molar-refractivity contribution in [3.63, 3.8) is 0 Å². The number of aryl methyl sites for hydroxylation is 2. The predicted octanol–water partition coefficient (Wildman–Crippen LogP) is 3.55. The van der Waals surface area contributed by atoms with Crippen LogP contribution in [0.3, 0.4) is 0 Å². The monoisotopic (exact) mass is 432 g/mol. The van der Waals surface area contributed by atoms with Crippen molar-refractivity contribution in [2.24, 2.45) is 11.8 Å². The van der Waals surface area contributed by atoms with Gasteiger partial charge in [-0.1, -0.05) is 24.3 Å². The molecule has 3 amide bonds. The number of benzene rings is 2. The second-order valence-electron chi connectivity index (χ2n) is 8.14. The summed E-state index contributed by atoms with van der Waals surface area (Å²) < 4.78 is 5.13. The van der Waals surface area contributed by atoms with Gasteiger partial charge in [-0.15, -0.1) is 0 Å². The fourth-order valence-corrected chi connectivity index (χ4v) is 4.06. The molecule has 7 nitrogen and oxygen atoms in total. The van der Waals surface area contributed by atoms with Crippen LogP contribution in [-0.2, 0) is 19.1 Å². The standard InChI is InChI=1S/C25H24N2O5/c1-15-10-11-18(12-16(15)2)26-22(28)14-32-25(31)17-6-5-7-19(13-17)27-23(29)20-8-3-4-9-21(20)24(27)30/h3-7,10-13,20-21H,8-9,14H2,1-2H3,(H,26,28)/t20-,21+. The van der Waals surface area contributed by atoms with Crippen molar-refractivity contribution in [3.8, 4) is 0 Å². The number of imide groups is 1. The first-order valence-corrected chi connectivity index (χ1v) is 10.5. The molecule has 1 aliphatic heterocycles. The Hall–Kier alpha value is -3.74. The van der Waals surface area contributed by atoms with Gasteiger partial charge >= 0.3 is 5.97 Å². The number of hydrogen-bond acceptors (Lipinski definition) is 5. The van der Waals surface area contributed by atoms with E-state index in [1.807, 2.05) is 38.1 Å². The number of carbonyl (C=O) groups is 4. The lowest BCUT2D eigenvalue weighted by Crippen LogP contribution is -2.31. The van der Waals surface area contributed by atoms with Gasteiger partial charge in [0.25, 0.3) is 5.91 Å². The van der Waals surface area contributed by atoms with Crippen molar-refractivity contribution >= 4 is 35.1 Å². The number of nitrogens with zero attached hydrogens (tertiary/aromatic N) is 1. The SMILES string of the molecule is Cc1ccc(NC(=O)COC(=O)c2cccc(N3C(=O)[C@H]4CC=CC[C@H]4C3=O)c2)cc1C. The van der Waals surface area contributed by atoms with Gasteiger partial charge in [0.2, 0.25) is 11.8 Å². The maximum atomic E-state index is 12.8. The summed E-state index contributed by atoms with van der Waals surface area (Å²) in [5.41, 5.74) is 3.27. The molecule has 2 aromatic carbocycles. The van der Waals surface area contributed by atoms with E-state index in [4.69, 9.17) is 4.74 Å². The minimum absolute atomic E-state index is 0.162. The second-order valence-corrected chi connectivity index (χ2v) is 8.14. The van der Waals surface area contributed by atoms with Gasteiger partial charge in [-0.25, -0.2) is 4.79 Å². The minimum Gasteiger partial charge on any atom is -0.452 e. The fourth-order valence-electron chi connectivity index (χ4n) is 4.06. The third-order valence-electron chi connectivity index (χ3n) is 5.97. The molecule has 1 heterocycles. The number of esters is 1. The van der Waals surface area contributed by atoms with Gasteiger partial charge in [0.1, 0.15) is 0 Å². The quantitative estimate of drug-likeness (QED) is 0.443. The highest BCUT2D eigenvalue weighted by atomic mass is 16.5. The summed E-state index contributed by atoms with van der Waals surface area (Å²) in [5.74, 6) is -2.36. The molecular formula is C25H24N2O5. The summed E-state index contributed by atoms with van der Waals surface area (Å²) in [6, 6.07) is 11.7. The zero-order chi connectivity index (χ0) is 22.8. The largest absolute Gasteiger partial charge is 0.452 e. The summed E-state index contributed by atoms with van der Waals surface area (Å²) in [6.45, 7) is 3.47. The molecule has 0 unspecified atom stereocenters. The molecule has 0 spiro atoms. The van der Waals surface area contributed by atoms with E-state index in [9.17, 15) is 19.2 Å². The van der Waals surface area contributed by atoms with E-state index in [1.54, 1.807) is 18.2 Å². The van der Waals surface area contributed by atoms with E-state index in [0.717, 1.165) is 16.0 Å². The molecule has 164 valence electrons. The summed E-state index contributed by atoms with van der Waals surface area (Å²) >= 11 is 0. The highest BCUT2D eigenvalue weighted by molar-refractivity contribution is 6.22. The van der Waals surface area contributed by atoms with E-state index < -0.39 is 18.5 Å². The number of ether oxygens (including phenoxy) is 1. The molecule has 2 atom stereocenters. The van der Waals surface area contributed by atoms with Crippen LogP contribution >= 0.6 is 0 Å². The van der Waals surface area contributed by atoms with E-state index in [1.165, 1.54) is 12.1 Å². The molecule has 4 rings (SSSR count). The Labute approximate surface area is 186 Å². The second kappa shape index (κ2) is 8.78. The lowest BCUT2D eigenvalue weighted by atomic mass is 9.85. The molecule has 0 saturated carbocycles. The molecule has 7 heteroatoms. The number of fused-ring (bicyclic) bond motifs is 1. The maximum absolute atomic E-state index is 12.8. The van der Waals surface area contributed by atoms with Crippen LogP contribution in [0.25, 0.3) is 0 Å². The fraction of sp³-hybridized carbons (Fsp3) is 0.280. The Bertz CT molecular complexity index is 1110. The Balaban J connectivity index is 1.40. The van der Waals surface area contributed by atoms with Gasteiger partial charge in [0.05, 0.1) is 23.1 Å². The average molecular weight is 432 g/mol. The van der Waals surface area contributed by atoms with Crippen molar-refractivity contribution in [1.29, 1.82) is 0 Å². The number of anilines is 2. The highest BCUT2D eigenvalue weighted by Crippen LogP contribution is 2.37. The number of allylic oxidation sites excluding steroid dienone is 2. The summed E-state index contributed by atoms with van der Waals surface area (Å²) in [4.78, 5) is 51.3. The van der Waals surface area contributed by atoms with Crippen LogP contribution in [-0.4, -0.2) is 30.3 Å². The smallest absolute Gasteiger partial charge is 0.338 e. The molecule has 2 aromatic rings. The number of carbonyl (C=O) groups excluding carboxylic acids is 4. The predicted molar refractivity (Wildman–Crippen MR) is 119 cm³/mol. The molecule has 1 saturated heterocycles. The van der Waals surface area contributed by atoms with Gasteiger partial charge in [0, 0.05) is 5.69 Å². The first-order valence-electron chi connectivity index (χ1n) is 10.5. The topological polar surface area (TPSA) is 92.8 Å². The van der Waals surface area contributed by atoms with Gasteiger partial charge in [0.15, 0.2) is 6.61 Å². The third kappa shape index (κ3) is 4.19. The summed E-state index contributed by atoms with van der Waals surface area (Å²) in [5, 5.41) is 2.69. The Morgan fingerprint density at radius 3 is 2.31 bits per heavy atom. The Morgan fingerprint density at radius 2 is 1.66 bits per heavy atom. The molecule has 1 fully saturated rings. The molecule has 32 heavy (non-hydrogen) atoms. The van der Waals surface area contributed by atoms with Crippen LogP contribution in [0.2, 0.25) is 0 Å². The van der Waals surface area contributed by atoms with Crippen LogP contribution in [0, 0.1) is 25.7 Å². The van der Waals surface area contributed by atoms with Crippen molar-refractivity contribution in [2.75, 3.05) is 16.8 Å². The summed E-state index contributed by atoms with van der Waals surface area (Å²) in [6.07, 6.45) is 4.94. The molecular weight excluding hydrogens is 408 g/mol. The lowest BCUT2D eigenvalue weighted by molar-refractivity contribution is -0.122. The van der Waals surface area contributed by atoms with E-state index in [0.29, 0.717) is 24.2 Å². The molecule has 1 aliphatic carbocycles. The molecule has 0 aromatic heterocycles. The number of hydrogen-bond donors (Lipinski definition) is 1. The van der Waals surface area contributed by atoms with Gasteiger partial charge in [-0.2, -0.15) is 0 Å². The average Bonchev–Trinajstić information content (AvgIpc) is 3.05. The summed E-state index contributed by atoms with van der Waals surface area (Å²) in [7, 11) is 0. The van der Waals surface area contributed by atoms with Crippen LogP contribution < -0.4 is 10.2 Å². The van der Waals surface area contributed by atoms with E-state index >= 15 is 0 Å². The molecule has 0 radical (unpaired) electrons. The first-order chi connectivity index (χ1) is 15.3. The van der Waals surface area contributed by atoms with Gasteiger partial charge in [-0.05, 0) is 68.1 Å². The van der Waals surface area contributed by atoms with Crippen molar-refractivity contribution in [1.82, 2.24) is 0 Å². The first kappa shape index (κ1) is 21.5. The number of amides is 3. The van der Waals surface area contributed by atoms with E-state index in [2.05, 4.69) is 5.32 Å². The van der Waals surface area contributed by atoms with Gasteiger partial charge in [-0.3, -0.25) is 19.3 Å². The van der Waals surface area contributed by atoms with Crippen molar-refractivity contribution in [3.05, 3.63) is 71.3 Å². The van der Waals surface area contributed by atoms with Crippen molar-refractivity contribution in [2.45, 2.75) is 26.7 Å². The van der Waals surface area contributed by atoms with Crippen LogP contribution in [0.15, 0.2) is 54.6 Å². The van der Waals surface area contributed by atoms with Crippen LogP contribution in [0.1, 0.15) is 34.3 Å². The zero-order valence-electron chi connectivity index (χ0n) is 18.0. The lowest BCUT2D eigenvalue weighted by Gasteiger charge is -2.15. The van der Waals surface area contributed by atoms with Gasteiger partial charge < -0.3 is 10.1 Å². The van der Waals surface area contributed by atoms with E-state index in [-0.39, 0.29) is 29.2 Å². The molecule has 2 aliphatic rings. The third-order valence-corrected chi connectivity index (χ3v) is 5.97. The van der Waals surface area contributed by atoms with Crippen LogP contribution in [0.4, 0.5) is 11.4 Å². The maximum Gasteiger partial charge on any atom is 0.338 e. The molecule has 0 bridgehead atoms. The normalized spacial score (nSPS) is 19.6. The minimum atomic E-state index is -0.708. The number of nitrogens with one attached hydrogen (secondary N) is 1. The zero-order valence-corrected chi connectivity index (χ0v) is 18.0. The van der Waals surface area contributed by atoms with Crippen molar-refractivity contribution < 1.29 is 23.9 Å². The highest BCUT2D eigenvalue weighted by Gasteiger charge is 2.47. The Kier molecular flexibility index (Phi) is 5.90. The number of rotatable bonds is 5.